The van der Waals surface area contributed by atoms with Crippen molar-refractivity contribution < 1.29 is 13.2 Å². The quantitative estimate of drug-likeness (QED) is 0.818. The third-order valence-electron chi connectivity index (χ3n) is 2.51. The van der Waals surface area contributed by atoms with Crippen LogP contribution in [0.25, 0.3) is 0 Å². The molecule has 1 fully saturated rings. The second-order valence-electron chi connectivity index (χ2n) is 3.98. The minimum Gasteiger partial charge on any atom is -0.485 e. The number of sulfone groups is 1. The first kappa shape index (κ1) is 11.2. The fourth-order valence-corrected chi connectivity index (χ4v) is 3.29. The lowest BCUT2D eigenvalue weighted by atomic mass is 10.3. The van der Waals surface area contributed by atoms with Crippen LogP contribution in [0.15, 0.2) is 12.1 Å². The van der Waals surface area contributed by atoms with Crippen LogP contribution in [-0.4, -0.2) is 31.0 Å². The normalized spacial score (nSPS) is 23.2. The van der Waals surface area contributed by atoms with E-state index in [1.54, 1.807) is 12.1 Å². The zero-order chi connectivity index (χ0) is 11.8. The van der Waals surface area contributed by atoms with Crippen molar-refractivity contribution in [3.63, 3.8) is 0 Å². The highest BCUT2D eigenvalue weighted by molar-refractivity contribution is 7.91. The molecule has 1 aromatic rings. The molecule has 2 N–H and O–H groups in total. The maximum absolute atomic E-state index is 11.2. The SMILES string of the molecule is Cc1ccc(OC2CCS(=O)(=O)C2)c(N)n1. The van der Waals surface area contributed by atoms with Gasteiger partial charge in [-0.3, -0.25) is 0 Å². The number of aromatic nitrogens is 1. The highest BCUT2D eigenvalue weighted by atomic mass is 32.2. The average molecular weight is 242 g/mol. The molecule has 0 amide bonds. The molecule has 2 heterocycles. The first-order valence-electron chi connectivity index (χ1n) is 5.06. The van der Waals surface area contributed by atoms with Gasteiger partial charge in [0.1, 0.15) is 6.10 Å². The third kappa shape index (κ3) is 2.44. The standard InChI is InChI=1S/C10H14N2O3S/c1-7-2-3-9(10(11)12-7)15-8-4-5-16(13,14)6-8/h2-3,8H,4-6H2,1H3,(H2,11,12). The van der Waals surface area contributed by atoms with Crippen molar-refractivity contribution in [1.29, 1.82) is 0 Å². The molecule has 6 heteroatoms. The Bertz CT molecular complexity index is 499. The van der Waals surface area contributed by atoms with Gasteiger partial charge in [0.25, 0.3) is 0 Å². The summed E-state index contributed by atoms with van der Waals surface area (Å²) in [4.78, 5) is 4.06. The molecule has 0 saturated carbocycles. The van der Waals surface area contributed by atoms with Crippen molar-refractivity contribution in [2.45, 2.75) is 19.4 Å². The lowest BCUT2D eigenvalue weighted by molar-refractivity contribution is 0.229. The van der Waals surface area contributed by atoms with Gasteiger partial charge in [0.15, 0.2) is 21.4 Å². The molecule has 0 aromatic carbocycles. The van der Waals surface area contributed by atoms with Crippen LogP contribution in [-0.2, 0) is 9.84 Å². The van der Waals surface area contributed by atoms with Crippen molar-refractivity contribution in [3.05, 3.63) is 17.8 Å². The number of nitrogens with two attached hydrogens (primary N) is 1. The van der Waals surface area contributed by atoms with Crippen molar-refractivity contribution in [1.82, 2.24) is 4.98 Å². The molecule has 1 aliphatic heterocycles. The van der Waals surface area contributed by atoms with Crippen LogP contribution in [0, 0.1) is 6.92 Å². The fourth-order valence-electron chi connectivity index (χ4n) is 1.70. The Kier molecular flexibility index (Phi) is 2.75. The van der Waals surface area contributed by atoms with E-state index < -0.39 is 9.84 Å². The maximum atomic E-state index is 11.2. The Morgan fingerprint density at radius 2 is 2.25 bits per heavy atom. The van der Waals surface area contributed by atoms with E-state index in [9.17, 15) is 8.42 Å². The van der Waals surface area contributed by atoms with E-state index >= 15 is 0 Å². The van der Waals surface area contributed by atoms with Gasteiger partial charge in [0.05, 0.1) is 11.5 Å². The van der Waals surface area contributed by atoms with Crippen LogP contribution in [0.4, 0.5) is 5.82 Å². The average Bonchev–Trinajstić information content (AvgIpc) is 2.51. The number of nitrogens with zero attached hydrogens (tertiary/aromatic N) is 1. The molecular weight excluding hydrogens is 228 g/mol. The minimum atomic E-state index is -2.92. The molecule has 16 heavy (non-hydrogen) atoms. The molecule has 1 atom stereocenters. The second kappa shape index (κ2) is 3.93. The number of rotatable bonds is 2. The van der Waals surface area contributed by atoms with Crippen LogP contribution >= 0.6 is 0 Å². The second-order valence-corrected chi connectivity index (χ2v) is 6.21. The molecule has 1 aromatic heterocycles. The van der Waals surface area contributed by atoms with Gasteiger partial charge in [0.2, 0.25) is 0 Å². The highest BCUT2D eigenvalue weighted by Gasteiger charge is 2.29. The smallest absolute Gasteiger partial charge is 0.166 e. The van der Waals surface area contributed by atoms with Crippen LogP contribution in [0.5, 0.6) is 5.75 Å². The summed E-state index contributed by atoms with van der Waals surface area (Å²) in [6.07, 6.45) is 0.229. The van der Waals surface area contributed by atoms with Crippen LogP contribution in [0.2, 0.25) is 0 Å². The van der Waals surface area contributed by atoms with Crippen molar-refractivity contribution in [3.8, 4) is 5.75 Å². The van der Waals surface area contributed by atoms with Crippen LogP contribution < -0.4 is 10.5 Å². The Balaban J connectivity index is 2.11. The fraction of sp³-hybridized carbons (Fsp3) is 0.500. The minimum absolute atomic E-state index is 0.0698. The Morgan fingerprint density at radius 3 is 2.81 bits per heavy atom. The van der Waals surface area contributed by atoms with E-state index in [-0.39, 0.29) is 17.6 Å². The lowest BCUT2D eigenvalue weighted by Crippen LogP contribution is -2.18. The monoisotopic (exact) mass is 242 g/mol. The highest BCUT2D eigenvalue weighted by Crippen LogP contribution is 2.24. The molecule has 88 valence electrons. The molecule has 0 bridgehead atoms. The number of aryl methyl sites for hydroxylation is 1. The van der Waals surface area contributed by atoms with Gasteiger partial charge in [-0.05, 0) is 25.5 Å². The first-order valence-corrected chi connectivity index (χ1v) is 6.88. The third-order valence-corrected chi connectivity index (χ3v) is 4.25. The number of pyridine rings is 1. The van der Waals surface area contributed by atoms with Crippen LogP contribution in [0.3, 0.4) is 0 Å². The number of nitrogen functional groups attached to an aromatic ring is 1. The first-order chi connectivity index (χ1) is 7.46. The summed E-state index contributed by atoms with van der Waals surface area (Å²) in [6.45, 7) is 1.83. The largest absolute Gasteiger partial charge is 0.485 e. The van der Waals surface area contributed by atoms with E-state index in [4.69, 9.17) is 10.5 Å². The molecule has 2 rings (SSSR count). The number of hydrogen-bond acceptors (Lipinski definition) is 5. The molecule has 1 saturated heterocycles. The zero-order valence-electron chi connectivity index (χ0n) is 9.01. The van der Waals surface area contributed by atoms with Gasteiger partial charge in [-0.15, -0.1) is 0 Å². The van der Waals surface area contributed by atoms with E-state index in [0.29, 0.717) is 18.0 Å². The zero-order valence-corrected chi connectivity index (χ0v) is 9.83. The summed E-state index contributed by atoms with van der Waals surface area (Å²) in [6, 6.07) is 3.51. The van der Waals surface area contributed by atoms with Crippen molar-refractivity contribution >= 4 is 15.7 Å². The molecule has 1 unspecified atom stereocenters. The van der Waals surface area contributed by atoms with Gasteiger partial charge in [-0.1, -0.05) is 0 Å². The topological polar surface area (TPSA) is 82.3 Å². The Hall–Kier alpha value is -1.30. The Labute approximate surface area is 94.5 Å². The molecule has 1 aliphatic rings. The van der Waals surface area contributed by atoms with Crippen molar-refractivity contribution in [2.24, 2.45) is 0 Å². The number of ether oxygens (including phenoxy) is 1. The van der Waals surface area contributed by atoms with E-state index in [0.717, 1.165) is 5.69 Å². The summed E-state index contributed by atoms with van der Waals surface area (Å²) in [7, 11) is -2.92. The molecule has 0 aliphatic carbocycles. The summed E-state index contributed by atoms with van der Waals surface area (Å²) >= 11 is 0. The van der Waals surface area contributed by atoms with Gasteiger partial charge >= 0.3 is 0 Å². The van der Waals surface area contributed by atoms with Gasteiger partial charge in [0, 0.05) is 5.69 Å². The van der Waals surface area contributed by atoms with E-state index in [1.807, 2.05) is 6.92 Å². The van der Waals surface area contributed by atoms with E-state index in [1.165, 1.54) is 0 Å². The number of hydrogen-bond donors (Lipinski definition) is 1. The molecule has 0 radical (unpaired) electrons. The molecule has 5 nitrogen and oxygen atoms in total. The summed E-state index contributed by atoms with van der Waals surface area (Å²) in [5.41, 5.74) is 6.49. The summed E-state index contributed by atoms with van der Waals surface area (Å²) in [5.74, 6) is 1.04. The van der Waals surface area contributed by atoms with Gasteiger partial charge in [-0.25, -0.2) is 13.4 Å². The lowest BCUT2D eigenvalue weighted by Gasteiger charge is -2.13. The van der Waals surface area contributed by atoms with Crippen molar-refractivity contribution in [2.75, 3.05) is 17.2 Å². The molecular formula is C10H14N2O3S. The number of anilines is 1. The predicted octanol–water partition coefficient (Wildman–Crippen LogP) is 0.538. The Morgan fingerprint density at radius 1 is 1.50 bits per heavy atom. The molecule has 0 spiro atoms. The van der Waals surface area contributed by atoms with Gasteiger partial charge in [-0.2, -0.15) is 0 Å². The van der Waals surface area contributed by atoms with Gasteiger partial charge < -0.3 is 10.5 Å². The summed E-state index contributed by atoms with van der Waals surface area (Å²) in [5, 5.41) is 0. The predicted molar refractivity (Wildman–Crippen MR) is 61.1 cm³/mol. The van der Waals surface area contributed by atoms with Crippen LogP contribution in [0.1, 0.15) is 12.1 Å². The van der Waals surface area contributed by atoms with E-state index in [2.05, 4.69) is 4.98 Å². The maximum Gasteiger partial charge on any atom is 0.166 e. The summed E-state index contributed by atoms with van der Waals surface area (Å²) < 4.78 is 28.0.